The number of alkyl halides is 3. The molecule has 2 rings (SSSR count). The van der Waals surface area contributed by atoms with Crippen molar-refractivity contribution in [3.05, 3.63) is 57.2 Å². The summed E-state index contributed by atoms with van der Waals surface area (Å²) in [5.74, 6) is -1.50. The normalized spacial score (nSPS) is 11.2. The van der Waals surface area contributed by atoms with Crippen LogP contribution in [0.2, 0.25) is 10.0 Å². The first-order chi connectivity index (χ1) is 12.6. The van der Waals surface area contributed by atoms with Crippen LogP contribution in [0.25, 0.3) is 0 Å². The Bertz CT molecular complexity index is 873. The molecule has 5 nitrogen and oxygen atoms in total. The van der Waals surface area contributed by atoms with E-state index in [2.05, 4.69) is 10.3 Å². The van der Waals surface area contributed by atoms with Gasteiger partial charge in [-0.3, -0.25) is 9.59 Å². The monoisotopic (exact) mass is 420 g/mol. The molecule has 27 heavy (non-hydrogen) atoms. The standard InChI is InChI=1S/C17H13Cl2F3N2O3/c1-9-12(18)7-23-16(15(9)19)24-13(25)8-27-14(26)6-10-3-2-4-11(5-10)17(20,21)22/h2-5,7H,6,8H2,1H3,(H,23,24,25). The maximum atomic E-state index is 12.7. The molecule has 1 aromatic heterocycles. The van der Waals surface area contributed by atoms with Crippen LogP contribution in [0, 0.1) is 6.92 Å². The molecular weight excluding hydrogens is 408 g/mol. The first kappa shape index (κ1) is 21.0. The van der Waals surface area contributed by atoms with Gasteiger partial charge in [-0.2, -0.15) is 13.2 Å². The maximum Gasteiger partial charge on any atom is 0.416 e. The highest BCUT2D eigenvalue weighted by Crippen LogP contribution is 2.30. The lowest BCUT2D eigenvalue weighted by Crippen LogP contribution is -2.22. The highest BCUT2D eigenvalue weighted by Gasteiger charge is 2.30. The summed E-state index contributed by atoms with van der Waals surface area (Å²) >= 11 is 11.8. The number of hydrogen-bond donors (Lipinski definition) is 1. The smallest absolute Gasteiger partial charge is 0.416 e. The van der Waals surface area contributed by atoms with Crippen molar-refractivity contribution in [1.82, 2.24) is 4.98 Å². The SMILES string of the molecule is Cc1c(Cl)cnc(NC(=O)COC(=O)Cc2cccc(C(F)(F)F)c2)c1Cl. The van der Waals surface area contributed by atoms with Crippen LogP contribution in [-0.4, -0.2) is 23.5 Å². The number of amides is 1. The predicted octanol–water partition coefficient (Wildman–Crippen LogP) is 4.44. The van der Waals surface area contributed by atoms with E-state index < -0.39 is 36.6 Å². The summed E-state index contributed by atoms with van der Waals surface area (Å²) in [5.41, 5.74) is -0.234. The Balaban J connectivity index is 1.90. The Labute approximate surface area is 162 Å². The number of carbonyl (C=O) groups is 2. The van der Waals surface area contributed by atoms with Gasteiger partial charge in [0.05, 0.1) is 22.0 Å². The third-order valence-electron chi connectivity index (χ3n) is 3.43. The van der Waals surface area contributed by atoms with E-state index in [9.17, 15) is 22.8 Å². The Morgan fingerprint density at radius 2 is 1.96 bits per heavy atom. The molecule has 0 saturated carbocycles. The molecule has 0 aliphatic carbocycles. The predicted molar refractivity (Wildman–Crippen MR) is 93.7 cm³/mol. The number of nitrogens with one attached hydrogen (secondary N) is 1. The molecule has 0 unspecified atom stereocenters. The lowest BCUT2D eigenvalue weighted by molar-refractivity contribution is -0.146. The average Bonchev–Trinajstić information content (AvgIpc) is 2.60. The van der Waals surface area contributed by atoms with Crippen molar-refractivity contribution >= 4 is 40.9 Å². The summed E-state index contributed by atoms with van der Waals surface area (Å²) in [7, 11) is 0. The molecule has 0 bridgehead atoms. The molecule has 144 valence electrons. The Morgan fingerprint density at radius 1 is 1.26 bits per heavy atom. The molecule has 1 aromatic carbocycles. The van der Waals surface area contributed by atoms with Crippen LogP contribution in [0.4, 0.5) is 19.0 Å². The summed E-state index contributed by atoms with van der Waals surface area (Å²) in [6.07, 6.45) is -3.61. The van der Waals surface area contributed by atoms with E-state index >= 15 is 0 Å². The number of benzene rings is 1. The summed E-state index contributed by atoms with van der Waals surface area (Å²) in [6, 6.07) is 4.29. The van der Waals surface area contributed by atoms with Crippen molar-refractivity contribution in [1.29, 1.82) is 0 Å². The third-order valence-corrected chi connectivity index (χ3v) is 4.27. The van der Waals surface area contributed by atoms with Crippen molar-refractivity contribution in [2.75, 3.05) is 11.9 Å². The molecule has 1 N–H and O–H groups in total. The van der Waals surface area contributed by atoms with Crippen molar-refractivity contribution in [3.8, 4) is 0 Å². The Kier molecular flexibility index (Phi) is 6.67. The van der Waals surface area contributed by atoms with Crippen molar-refractivity contribution in [3.63, 3.8) is 0 Å². The molecule has 1 heterocycles. The highest BCUT2D eigenvalue weighted by atomic mass is 35.5. The lowest BCUT2D eigenvalue weighted by atomic mass is 10.1. The van der Waals surface area contributed by atoms with Gasteiger partial charge in [0.2, 0.25) is 0 Å². The van der Waals surface area contributed by atoms with Crippen LogP contribution in [0.1, 0.15) is 16.7 Å². The third kappa shape index (κ3) is 5.83. The van der Waals surface area contributed by atoms with Gasteiger partial charge in [0, 0.05) is 6.20 Å². The number of aromatic nitrogens is 1. The minimum Gasteiger partial charge on any atom is -0.455 e. The van der Waals surface area contributed by atoms with E-state index in [1.807, 2.05) is 0 Å². The van der Waals surface area contributed by atoms with Gasteiger partial charge in [-0.05, 0) is 24.1 Å². The summed E-state index contributed by atoms with van der Waals surface area (Å²) < 4.78 is 42.7. The molecule has 0 fully saturated rings. The second-order valence-electron chi connectivity index (χ2n) is 5.48. The summed E-state index contributed by atoms with van der Waals surface area (Å²) in [4.78, 5) is 27.5. The zero-order valence-corrected chi connectivity index (χ0v) is 15.4. The van der Waals surface area contributed by atoms with E-state index in [-0.39, 0.29) is 16.4 Å². The van der Waals surface area contributed by atoms with Crippen LogP contribution in [-0.2, 0) is 26.9 Å². The molecule has 0 spiro atoms. The van der Waals surface area contributed by atoms with Gasteiger partial charge < -0.3 is 10.1 Å². The summed E-state index contributed by atoms with van der Waals surface area (Å²) in [6.45, 7) is 0.995. The molecule has 1 amide bonds. The largest absolute Gasteiger partial charge is 0.455 e. The zero-order valence-electron chi connectivity index (χ0n) is 13.9. The number of pyridine rings is 1. The van der Waals surface area contributed by atoms with Gasteiger partial charge in [-0.15, -0.1) is 0 Å². The van der Waals surface area contributed by atoms with Gasteiger partial charge in [0.1, 0.15) is 0 Å². The number of halogens is 5. The number of anilines is 1. The molecule has 0 radical (unpaired) electrons. The van der Waals surface area contributed by atoms with E-state index in [1.54, 1.807) is 6.92 Å². The van der Waals surface area contributed by atoms with Gasteiger partial charge >= 0.3 is 12.1 Å². The second kappa shape index (κ2) is 8.58. The fourth-order valence-electron chi connectivity index (χ4n) is 2.03. The molecule has 2 aromatic rings. The molecular formula is C17H13Cl2F3N2O3. The zero-order chi connectivity index (χ0) is 20.2. The fourth-order valence-corrected chi connectivity index (χ4v) is 2.42. The number of carbonyl (C=O) groups excluding carboxylic acids is 2. The van der Waals surface area contributed by atoms with Crippen molar-refractivity contribution in [2.24, 2.45) is 0 Å². The molecule has 0 aliphatic rings. The van der Waals surface area contributed by atoms with E-state index in [0.29, 0.717) is 10.6 Å². The minimum absolute atomic E-state index is 0.0532. The van der Waals surface area contributed by atoms with Crippen LogP contribution in [0.5, 0.6) is 0 Å². The fraction of sp³-hybridized carbons (Fsp3) is 0.235. The first-order valence-electron chi connectivity index (χ1n) is 7.50. The number of nitrogens with zero attached hydrogens (tertiary/aromatic N) is 1. The second-order valence-corrected chi connectivity index (χ2v) is 6.26. The molecule has 10 heteroatoms. The van der Waals surface area contributed by atoms with Gasteiger partial charge in [0.15, 0.2) is 12.4 Å². The van der Waals surface area contributed by atoms with Gasteiger partial charge in [0.25, 0.3) is 5.91 Å². The number of esters is 1. The van der Waals surface area contributed by atoms with Gasteiger partial charge in [-0.1, -0.05) is 41.4 Å². The van der Waals surface area contributed by atoms with Crippen LogP contribution < -0.4 is 5.32 Å². The highest BCUT2D eigenvalue weighted by molar-refractivity contribution is 6.37. The Hall–Kier alpha value is -2.32. The van der Waals surface area contributed by atoms with E-state index in [4.69, 9.17) is 27.9 Å². The Morgan fingerprint density at radius 3 is 2.63 bits per heavy atom. The quantitative estimate of drug-likeness (QED) is 0.725. The first-order valence-corrected chi connectivity index (χ1v) is 8.25. The van der Waals surface area contributed by atoms with E-state index in [0.717, 1.165) is 12.1 Å². The van der Waals surface area contributed by atoms with Crippen LogP contribution >= 0.6 is 23.2 Å². The number of ether oxygens (including phenoxy) is 1. The van der Waals surface area contributed by atoms with Crippen molar-refractivity contribution in [2.45, 2.75) is 19.5 Å². The lowest BCUT2D eigenvalue weighted by Gasteiger charge is -2.10. The number of rotatable bonds is 5. The van der Waals surface area contributed by atoms with Crippen LogP contribution in [0.3, 0.4) is 0 Å². The van der Waals surface area contributed by atoms with Gasteiger partial charge in [-0.25, -0.2) is 4.98 Å². The molecule has 0 aliphatic heterocycles. The number of hydrogen-bond acceptors (Lipinski definition) is 4. The average molecular weight is 421 g/mol. The minimum atomic E-state index is -4.51. The summed E-state index contributed by atoms with van der Waals surface area (Å²) in [5, 5.41) is 2.83. The van der Waals surface area contributed by atoms with Crippen molar-refractivity contribution < 1.29 is 27.5 Å². The molecule has 0 saturated heterocycles. The maximum absolute atomic E-state index is 12.7. The topological polar surface area (TPSA) is 68.3 Å². The molecule has 0 atom stereocenters. The van der Waals surface area contributed by atoms with E-state index in [1.165, 1.54) is 18.3 Å². The van der Waals surface area contributed by atoms with Crippen LogP contribution in [0.15, 0.2) is 30.5 Å².